The highest BCUT2D eigenvalue weighted by Gasteiger charge is 1.89. The minimum Gasteiger partial charge on any atom is -0.330 e. The third-order valence-corrected chi connectivity index (χ3v) is 1.52. The van der Waals surface area contributed by atoms with Gasteiger partial charge in [0.05, 0.1) is 0 Å². The van der Waals surface area contributed by atoms with Gasteiger partial charge in [0.1, 0.15) is 0 Å². The van der Waals surface area contributed by atoms with Crippen LogP contribution in [0.3, 0.4) is 0 Å². The fraction of sp³-hybridized carbons (Fsp3) is 0.400. The van der Waals surface area contributed by atoms with E-state index in [1.54, 1.807) is 6.26 Å². The number of rotatable bonds is 2. The first-order chi connectivity index (χ1) is 5.83. The van der Waals surface area contributed by atoms with Gasteiger partial charge in [0, 0.05) is 0 Å². The van der Waals surface area contributed by atoms with Gasteiger partial charge in [-0.2, -0.15) is 12.6 Å². The molecule has 1 aromatic rings. The van der Waals surface area contributed by atoms with E-state index >= 15 is 0 Å². The predicted octanol–water partition coefficient (Wildman–Crippen LogP) is 2.04. The molecule has 0 bridgehead atoms. The summed E-state index contributed by atoms with van der Waals surface area (Å²) in [6.45, 7) is 2.84. The van der Waals surface area contributed by atoms with Gasteiger partial charge in [0.2, 0.25) is 0 Å². The summed E-state index contributed by atoms with van der Waals surface area (Å²) in [6, 6.07) is 8.45. The Morgan fingerprint density at radius 1 is 1.33 bits per heavy atom. The molecule has 0 spiro atoms. The van der Waals surface area contributed by atoms with Gasteiger partial charge in [-0.3, -0.25) is 0 Å². The first-order valence-electron chi connectivity index (χ1n) is 4.03. The van der Waals surface area contributed by atoms with Crippen molar-refractivity contribution in [3.63, 3.8) is 0 Å². The summed E-state index contributed by atoms with van der Waals surface area (Å²) in [4.78, 5) is 0. The van der Waals surface area contributed by atoms with E-state index < -0.39 is 0 Å². The molecule has 2 heteroatoms. The fourth-order valence-electron chi connectivity index (χ4n) is 1.03. The Morgan fingerprint density at radius 2 is 2.00 bits per heavy atom. The van der Waals surface area contributed by atoms with E-state index in [0.717, 1.165) is 13.0 Å². The van der Waals surface area contributed by atoms with Gasteiger partial charge >= 0.3 is 0 Å². The Hall–Kier alpha value is -0.470. The van der Waals surface area contributed by atoms with E-state index in [1.807, 2.05) is 0 Å². The van der Waals surface area contributed by atoms with Crippen LogP contribution in [-0.2, 0) is 6.42 Å². The van der Waals surface area contributed by atoms with Crippen LogP contribution >= 0.6 is 12.6 Å². The summed E-state index contributed by atoms with van der Waals surface area (Å²) in [7, 11) is 0. The number of aryl methyl sites for hydroxylation is 1. The van der Waals surface area contributed by atoms with E-state index in [9.17, 15) is 0 Å². The number of benzene rings is 1. The van der Waals surface area contributed by atoms with E-state index in [1.165, 1.54) is 11.1 Å². The van der Waals surface area contributed by atoms with Gasteiger partial charge in [-0.15, -0.1) is 0 Å². The summed E-state index contributed by atoms with van der Waals surface area (Å²) >= 11 is 3.53. The number of hydrogen-bond donors (Lipinski definition) is 2. The maximum absolute atomic E-state index is 5.41. The van der Waals surface area contributed by atoms with E-state index in [0.29, 0.717) is 0 Å². The van der Waals surface area contributed by atoms with Crippen LogP contribution in [0.2, 0.25) is 0 Å². The van der Waals surface area contributed by atoms with Gasteiger partial charge < -0.3 is 5.73 Å². The lowest BCUT2D eigenvalue weighted by Gasteiger charge is -1.98. The van der Waals surface area contributed by atoms with Crippen molar-refractivity contribution < 1.29 is 0 Å². The van der Waals surface area contributed by atoms with Crippen molar-refractivity contribution in [3.05, 3.63) is 35.4 Å². The molecule has 0 amide bonds. The number of hydrogen-bond acceptors (Lipinski definition) is 2. The molecule has 1 rings (SSSR count). The van der Waals surface area contributed by atoms with Crippen LogP contribution in [0.25, 0.3) is 0 Å². The second-order valence-electron chi connectivity index (χ2n) is 2.53. The van der Waals surface area contributed by atoms with E-state index in [4.69, 9.17) is 5.73 Å². The molecule has 0 heterocycles. The summed E-state index contributed by atoms with van der Waals surface area (Å²) in [5.74, 6) is 0. The summed E-state index contributed by atoms with van der Waals surface area (Å²) in [6.07, 6.45) is 2.68. The summed E-state index contributed by atoms with van der Waals surface area (Å²) < 4.78 is 0. The maximum atomic E-state index is 5.41. The molecule has 0 saturated heterocycles. The smallest absolute Gasteiger partial charge is 0.00367 e. The van der Waals surface area contributed by atoms with Gasteiger partial charge in [-0.25, -0.2) is 0 Å². The molecule has 1 nitrogen and oxygen atoms in total. The molecule has 0 saturated carbocycles. The first kappa shape index (κ1) is 11.5. The molecule has 0 aliphatic heterocycles. The molecular formula is C10H17NS. The van der Waals surface area contributed by atoms with E-state index in [2.05, 4.69) is 43.8 Å². The Bertz CT molecular complexity index is 211. The molecule has 0 fully saturated rings. The van der Waals surface area contributed by atoms with Crippen molar-refractivity contribution in [2.45, 2.75) is 13.3 Å². The van der Waals surface area contributed by atoms with Gasteiger partial charge in [-0.1, -0.05) is 29.8 Å². The van der Waals surface area contributed by atoms with Crippen molar-refractivity contribution in [2.75, 3.05) is 12.8 Å². The highest BCUT2D eigenvalue weighted by Crippen LogP contribution is 2.03. The van der Waals surface area contributed by atoms with Gasteiger partial charge in [0.15, 0.2) is 0 Å². The average Bonchev–Trinajstić information content (AvgIpc) is 2.09. The lowest BCUT2D eigenvalue weighted by Crippen LogP contribution is -2.02. The molecule has 2 N–H and O–H groups in total. The Labute approximate surface area is 80.4 Å². The third kappa shape index (κ3) is 4.42. The van der Waals surface area contributed by atoms with Crippen LogP contribution in [-0.4, -0.2) is 12.8 Å². The molecule has 0 aromatic heterocycles. The quantitative estimate of drug-likeness (QED) is 0.674. The molecule has 0 atom stereocenters. The Morgan fingerprint density at radius 3 is 2.50 bits per heavy atom. The second kappa shape index (κ2) is 7.19. The molecule has 0 aliphatic rings. The van der Waals surface area contributed by atoms with Crippen LogP contribution in [0.1, 0.15) is 11.1 Å². The van der Waals surface area contributed by atoms with E-state index in [-0.39, 0.29) is 0 Å². The highest BCUT2D eigenvalue weighted by molar-refractivity contribution is 7.79. The molecule has 1 aromatic carbocycles. The molecule has 0 unspecified atom stereocenters. The standard InChI is InChI=1S/C9H13N.CH4S/c1-8-3-2-4-9(7-8)5-6-10;1-2/h2-4,7H,5-6,10H2,1H3;2H,1H3. The first-order valence-corrected chi connectivity index (χ1v) is 4.92. The Kier molecular flexibility index (Phi) is 6.91. The monoisotopic (exact) mass is 183 g/mol. The van der Waals surface area contributed by atoms with Crippen LogP contribution in [0.4, 0.5) is 0 Å². The second-order valence-corrected chi connectivity index (χ2v) is 2.53. The zero-order valence-corrected chi connectivity index (χ0v) is 8.64. The largest absolute Gasteiger partial charge is 0.330 e. The van der Waals surface area contributed by atoms with Crippen molar-refractivity contribution in [1.82, 2.24) is 0 Å². The van der Waals surface area contributed by atoms with Gasteiger partial charge in [-0.05, 0) is 31.7 Å². The lowest BCUT2D eigenvalue weighted by molar-refractivity contribution is 0.967. The van der Waals surface area contributed by atoms with Crippen LogP contribution in [0.5, 0.6) is 0 Å². The van der Waals surface area contributed by atoms with Crippen molar-refractivity contribution >= 4 is 12.6 Å². The number of thiol groups is 1. The molecule has 0 radical (unpaired) electrons. The van der Waals surface area contributed by atoms with Crippen LogP contribution in [0.15, 0.2) is 24.3 Å². The normalized spacial score (nSPS) is 8.67. The highest BCUT2D eigenvalue weighted by atomic mass is 32.1. The van der Waals surface area contributed by atoms with Crippen molar-refractivity contribution in [3.8, 4) is 0 Å². The number of nitrogens with two attached hydrogens (primary N) is 1. The lowest BCUT2D eigenvalue weighted by atomic mass is 10.1. The zero-order valence-electron chi connectivity index (χ0n) is 7.75. The summed E-state index contributed by atoms with van der Waals surface area (Å²) in [5, 5.41) is 0. The molecule has 0 aliphatic carbocycles. The minimum atomic E-state index is 0.740. The van der Waals surface area contributed by atoms with Crippen molar-refractivity contribution in [2.24, 2.45) is 5.73 Å². The van der Waals surface area contributed by atoms with Crippen LogP contribution < -0.4 is 5.73 Å². The Balaban J connectivity index is 0.000000561. The SMILES string of the molecule is CS.Cc1cccc(CCN)c1. The van der Waals surface area contributed by atoms with Crippen LogP contribution in [0, 0.1) is 6.92 Å². The third-order valence-electron chi connectivity index (χ3n) is 1.52. The molecule has 68 valence electrons. The molecule has 12 heavy (non-hydrogen) atoms. The zero-order chi connectivity index (χ0) is 9.40. The summed E-state index contributed by atoms with van der Waals surface area (Å²) in [5.41, 5.74) is 8.06. The maximum Gasteiger partial charge on any atom is -0.00367 e. The van der Waals surface area contributed by atoms with Gasteiger partial charge in [0.25, 0.3) is 0 Å². The fourth-order valence-corrected chi connectivity index (χ4v) is 1.03. The minimum absolute atomic E-state index is 0.740. The predicted molar refractivity (Wildman–Crippen MR) is 58.8 cm³/mol. The van der Waals surface area contributed by atoms with Crippen molar-refractivity contribution in [1.29, 1.82) is 0 Å². The topological polar surface area (TPSA) is 26.0 Å². The molecular weight excluding hydrogens is 166 g/mol. The average molecular weight is 183 g/mol.